The topological polar surface area (TPSA) is 47.6 Å². The van der Waals surface area contributed by atoms with Gasteiger partial charge in [-0.2, -0.15) is 0 Å². The lowest BCUT2D eigenvalue weighted by Crippen LogP contribution is -2.13. The fourth-order valence-corrected chi connectivity index (χ4v) is 2.60. The average Bonchev–Trinajstić information content (AvgIpc) is 2.49. The molecule has 0 saturated carbocycles. The highest BCUT2D eigenvalue weighted by Crippen LogP contribution is 2.29. The summed E-state index contributed by atoms with van der Waals surface area (Å²) < 4.78 is 12.0. The van der Waals surface area contributed by atoms with Crippen molar-refractivity contribution in [1.82, 2.24) is 0 Å². The molecule has 0 aromatic heterocycles. The van der Waals surface area contributed by atoms with E-state index in [1.165, 1.54) is 0 Å². The highest BCUT2D eigenvalue weighted by Gasteiger charge is 2.13. The van der Waals surface area contributed by atoms with Crippen molar-refractivity contribution in [1.29, 1.82) is 0 Å². The van der Waals surface area contributed by atoms with Crippen LogP contribution in [0.4, 0.5) is 5.69 Å². The van der Waals surface area contributed by atoms with Crippen molar-refractivity contribution in [3.8, 4) is 11.5 Å². The van der Waals surface area contributed by atoms with Crippen LogP contribution in [0.5, 0.6) is 11.5 Å². The fraction of sp³-hybridized carbons (Fsp3) is 0.278. The minimum absolute atomic E-state index is 0.0361. The van der Waals surface area contributed by atoms with Crippen LogP contribution in [0.3, 0.4) is 0 Å². The van der Waals surface area contributed by atoms with E-state index in [0.717, 1.165) is 15.7 Å². The number of aryl methyl sites for hydroxylation is 1. The van der Waals surface area contributed by atoms with Gasteiger partial charge in [-0.3, -0.25) is 4.79 Å². The molecule has 0 heterocycles. The molecule has 23 heavy (non-hydrogen) atoms. The molecule has 0 unspecified atom stereocenters. The minimum atomic E-state index is -0.190. The van der Waals surface area contributed by atoms with Crippen LogP contribution >= 0.6 is 15.9 Å². The lowest BCUT2D eigenvalue weighted by atomic mass is 10.1. The molecule has 0 fully saturated rings. The molecule has 1 N–H and O–H groups in total. The Balaban J connectivity index is 2.22. The molecule has 2 aromatic carbocycles. The van der Waals surface area contributed by atoms with Gasteiger partial charge in [-0.1, -0.05) is 15.9 Å². The maximum Gasteiger partial charge on any atom is 0.255 e. The Kier molecular flexibility index (Phi) is 5.66. The Labute approximate surface area is 144 Å². The summed E-state index contributed by atoms with van der Waals surface area (Å²) in [4.78, 5) is 12.4. The second-order valence-corrected chi connectivity index (χ2v) is 6.36. The molecule has 0 spiro atoms. The van der Waals surface area contributed by atoms with E-state index in [2.05, 4.69) is 21.2 Å². The number of benzene rings is 2. The van der Waals surface area contributed by atoms with Crippen LogP contribution in [0.2, 0.25) is 0 Å². The Morgan fingerprint density at radius 3 is 2.48 bits per heavy atom. The molecule has 0 aliphatic heterocycles. The third-order valence-electron chi connectivity index (χ3n) is 3.23. The first kappa shape index (κ1) is 17.3. The zero-order valence-electron chi connectivity index (χ0n) is 13.6. The summed E-state index contributed by atoms with van der Waals surface area (Å²) in [6.45, 7) is 5.83. The van der Waals surface area contributed by atoms with Crippen molar-refractivity contribution in [2.24, 2.45) is 0 Å². The Morgan fingerprint density at radius 2 is 1.87 bits per heavy atom. The van der Waals surface area contributed by atoms with E-state index < -0.39 is 0 Å². The van der Waals surface area contributed by atoms with Crippen molar-refractivity contribution >= 4 is 27.5 Å². The van der Waals surface area contributed by atoms with E-state index in [1.807, 2.05) is 39.0 Å². The molecule has 2 aromatic rings. The number of carbonyl (C=O) groups is 1. The van der Waals surface area contributed by atoms with Crippen LogP contribution in [0.25, 0.3) is 0 Å². The van der Waals surface area contributed by atoms with E-state index >= 15 is 0 Å². The SMILES string of the molecule is COc1cc(C(=O)Nc2ccc(Br)cc2C)ccc1OC(C)C. The molecule has 0 bridgehead atoms. The van der Waals surface area contributed by atoms with E-state index in [1.54, 1.807) is 25.3 Å². The van der Waals surface area contributed by atoms with E-state index in [9.17, 15) is 4.79 Å². The maximum absolute atomic E-state index is 12.4. The van der Waals surface area contributed by atoms with Crippen molar-refractivity contribution in [3.63, 3.8) is 0 Å². The van der Waals surface area contributed by atoms with Gasteiger partial charge >= 0.3 is 0 Å². The van der Waals surface area contributed by atoms with Crippen LogP contribution in [0, 0.1) is 6.92 Å². The van der Waals surface area contributed by atoms with Gasteiger partial charge in [0.1, 0.15) is 0 Å². The summed E-state index contributed by atoms with van der Waals surface area (Å²) in [6, 6.07) is 10.9. The largest absolute Gasteiger partial charge is 0.493 e. The lowest BCUT2D eigenvalue weighted by molar-refractivity contribution is 0.102. The third-order valence-corrected chi connectivity index (χ3v) is 3.72. The van der Waals surface area contributed by atoms with Crippen molar-refractivity contribution in [2.45, 2.75) is 26.9 Å². The number of methoxy groups -OCH3 is 1. The number of hydrogen-bond acceptors (Lipinski definition) is 3. The number of carbonyl (C=O) groups excluding carboxylic acids is 1. The van der Waals surface area contributed by atoms with Gasteiger partial charge in [0.25, 0.3) is 5.91 Å². The molecule has 0 aliphatic rings. The minimum Gasteiger partial charge on any atom is -0.493 e. The fourth-order valence-electron chi connectivity index (χ4n) is 2.12. The summed E-state index contributed by atoms with van der Waals surface area (Å²) in [5.74, 6) is 0.975. The molecular weight excluding hydrogens is 358 g/mol. The molecule has 2 rings (SSSR count). The molecule has 1 amide bonds. The van der Waals surface area contributed by atoms with Gasteiger partial charge in [-0.05, 0) is 62.7 Å². The third kappa shape index (κ3) is 4.48. The summed E-state index contributed by atoms with van der Waals surface area (Å²) in [5, 5.41) is 2.91. The Hall–Kier alpha value is -2.01. The van der Waals surface area contributed by atoms with E-state index in [0.29, 0.717) is 17.1 Å². The van der Waals surface area contributed by atoms with Gasteiger partial charge in [0.15, 0.2) is 11.5 Å². The molecule has 0 radical (unpaired) electrons. The number of amides is 1. The average molecular weight is 378 g/mol. The molecule has 0 aliphatic carbocycles. The normalized spacial score (nSPS) is 10.5. The monoisotopic (exact) mass is 377 g/mol. The van der Waals surface area contributed by atoms with Gasteiger partial charge in [-0.25, -0.2) is 0 Å². The lowest BCUT2D eigenvalue weighted by Gasteiger charge is -2.15. The molecule has 4 nitrogen and oxygen atoms in total. The van der Waals surface area contributed by atoms with Crippen LogP contribution < -0.4 is 14.8 Å². The predicted molar refractivity (Wildman–Crippen MR) is 95.6 cm³/mol. The summed E-state index contributed by atoms with van der Waals surface area (Å²) in [6.07, 6.45) is 0.0361. The number of ether oxygens (including phenoxy) is 2. The second kappa shape index (κ2) is 7.51. The second-order valence-electron chi connectivity index (χ2n) is 5.45. The van der Waals surface area contributed by atoms with Crippen LogP contribution in [0.15, 0.2) is 40.9 Å². The first-order chi connectivity index (χ1) is 10.9. The Morgan fingerprint density at radius 1 is 1.13 bits per heavy atom. The smallest absolute Gasteiger partial charge is 0.255 e. The standard InChI is InChI=1S/C18H20BrNO3/c1-11(2)23-16-8-5-13(10-17(16)22-4)18(21)20-15-7-6-14(19)9-12(15)3/h5-11H,1-4H3,(H,20,21). The maximum atomic E-state index is 12.4. The number of nitrogens with one attached hydrogen (secondary N) is 1. The molecule has 122 valence electrons. The zero-order chi connectivity index (χ0) is 17.0. The quantitative estimate of drug-likeness (QED) is 0.813. The predicted octanol–water partition coefficient (Wildman–Crippen LogP) is 4.81. The number of halogens is 1. The molecular formula is C18H20BrNO3. The van der Waals surface area contributed by atoms with Crippen molar-refractivity contribution in [2.75, 3.05) is 12.4 Å². The van der Waals surface area contributed by atoms with Gasteiger partial charge < -0.3 is 14.8 Å². The van der Waals surface area contributed by atoms with Crippen LogP contribution in [-0.4, -0.2) is 19.1 Å². The van der Waals surface area contributed by atoms with Crippen LogP contribution in [-0.2, 0) is 0 Å². The van der Waals surface area contributed by atoms with E-state index in [4.69, 9.17) is 9.47 Å². The Bertz CT molecular complexity index is 713. The first-order valence-corrected chi connectivity index (χ1v) is 8.12. The number of anilines is 1. The number of hydrogen-bond donors (Lipinski definition) is 1. The molecule has 5 heteroatoms. The molecule has 0 saturated heterocycles. The van der Waals surface area contributed by atoms with Crippen molar-refractivity contribution in [3.05, 3.63) is 52.0 Å². The van der Waals surface area contributed by atoms with Gasteiger partial charge in [0.05, 0.1) is 13.2 Å². The van der Waals surface area contributed by atoms with Crippen LogP contribution in [0.1, 0.15) is 29.8 Å². The number of rotatable bonds is 5. The highest BCUT2D eigenvalue weighted by atomic mass is 79.9. The first-order valence-electron chi connectivity index (χ1n) is 7.33. The van der Waals surface area contributed by atoms with Gasteiger partial charge in [0, 0.05) is 15.7 Å². The summed E-state index contributed by atoms with van der Waals surface area (Å²) in [5.41, 5.74) is 2.28. The van der Waals surface area contributed by atoms with Gasteiger partial charge in [-0.15, -0.1) is 0 Å². The zero-order valence-corrected chi connectivity index (χ0v) is 15.2. The van der Waals surface area contributed by atoms with E-state index in [-0.39, 0.29) is 12.0 Å². The van der Waals surface area contributed by atoms with Gasteiger partial charge in [0.2, 0.25) is 0 Å². The summed E-state index contributed by atoms with van der Waals surface area (Å²) >= 11 is 3.41. The summed E-state index contributed by atoms with van der Waals surface area (Å²) in [7, 11) is 1.56. The van der Waals surface area contributed by atoms with Crippen molar-refractivity contribution < 1.29 is 14.3 Å². The highest BCUT2D eigenvalue weighted by molar-refractivity contribution is 9.10. The molecule has 0 atom stereocenters.